The first kappa shape index (κ1) is 13.6. The molecule has 0 amide bonds. The molecule has 2 aromatic rings. The zero-order valence-corrected chi connectivity index (χ0v) is 11.3. The molecular weight excluding hydrogens is 238 g/mol. The van der Waals surface area contributed by atoms with Crippen molar-refractivity contribution in [2.75, 3.05) is 11.9 Å². The molecule has 0 aliphatic carbocycles. The van der Waals surface area contributed by atoms with E-state index in [2.05, 4.69) is 41.6 Å². The lowest BCUT2D eigenvalue weighted by atomic mass is 10.1. The van der Waals surface area contributed by atoms with Crippen LogP contribution in [0.25, 0.3) is 0 Å². The SMILES string of the molecule is CCCc1ccc(NCc2cnn(CCO)c2)cc1. The lowest BCUT2D eigenvalue weighted by Gasteiger charge is -2.06. The van der Waals surface area contributed by atoms with Crippen LogP contribution in [-0.2, 0) is 19.5 Å². The van der Waals surface area contributed by atoms with Crippen LogP contribution >= 0.6 is 0 Å². The van der Waals surface area contributed by atoms with Crippen molar-refractivity contribution >= 4 is 5.69 Å². The first-order chi connectivity index (χ1) is 9.31. The Hall–Kier alpha value is -1.81. The van der Waals surface area contributed by atoms with E-state index in [-0.39, 0.29) is 6.61 Å². The van der Waals surface area contributed by atoms with Crippen LogP contribution in [-0.4, -0.2) is 21.5 Å². The minimum Gasteiger partial charge on any atom is -0.394 e. The van der Waals surface area contributed by atoms with Crippen molar-refractivity contribution in [3.63, 3.8) is 0 Å². The van der Waals surface area contributed by atoms with E-state index in [0.29, 0.717) is 6.54 Å². The number of aromatic nitrogens is 2. The third-order valence-electron chi connectivity index (χ3n) is 3.01. The van der Waals surface area contributed by atoms with Gasteiger partial charge in [-0.1, -0.05) is 25.5 Å². The first-order valence-electron chi connectivity index (χ1n) is 6.77. The zero-order chi connectivity index (χ0) is 13.5. The summed E-state index contributed by atoms with van der Waals surface area (Å²) in [4.78, 5) is 0. The van der Waals surface area contributed by atoms with Crippen LogP contribution < -0.4 is 5.32 Å². The van der Waals surface area contributed by atoms with Gasteiger partial charge in [0, 0.05) is 24.0 Å². The Balaban J connectivity index is 1.86. The molecule has 4 heteroatoms. The van der Waals surface area contributed by atoms with Crippen LogP contribution in [0.4, 0.5) is 5.69 Å². The largest absolute Gasteiger partial charge is 0.394 e. The number of benzene rings is 1. The number of hydrogen-bond donors (Lipinski definition) is 2. The molecule has 2 rings (SSSR count). The van der Waals surface area contributed by atoms with Crippen LogP contribution in [0.5, 0.6) is 0 Å². The van der Waals surface area contributed by atoms with Gasteiger partial charge in [-0.2, -0.15) is 5.10 Å². The minimum atomic E-state index is 0.118. The summed E-state index contributed by atoms with van der Waals surface area (Å²) in [5.41, 5.74) is 3.62. The highest BCUT2D eigenvalue weighted by atomic mass is 16.3. The monoisotopic (exact) mass is 259 g/mol. The molecule has 0 aliphatic rings. The summed E-state index contributed by atoms with van der Waals surface area (Å²) in [6, 6.07) is 8.56. The fraction of sp³-hybridized carbons (Fsp3) is 0.400. The predicted octanol–water partition coefficient (Wildman–Crippen LogP) is 2.44. The molecule has 1 heterocycles. The standard InChI is InChI=1S/C15H21N3O/c1-2-3-13-4-6-15(7-5-13)16-10-14-11-17-18(12-14)8-9-19/h4-7,11-12,16,19H,2-3,8-10H2,1H3. The molecule has 4 nitrogen and oxygen atoms in total. The molecular formula is C15H21N3O. The topological polar surface area (TPSA) is 50.1 Å². The summed E-state index contributed by atoms with van der Waals surface area (Å²) in [7, 11) is 0. The summed E-state index contributed by atoms with van der Waals surface area (Å²) in [5.74, 6) is 0. The Morgan fingerprint density at radius 2 is 2.00 bits per heavy atom. The molecule has 0 unspecified atom stereocenters. The number of hydrogen-bond acceptors (Lipinski definition) is 3. The molecule has 2 N–H and O–H groups in total. The number of nitrogens with zero attached hydrogens (tertiary/aromatic N) is 2. The number of rotatable bonds is 7. The number of aliphatic hydroxyl groups is 1. The fourth-order valence-corrected chi connectivity index (χ4v) is 2.00. The lowest BCUT2D eigenvalue weighted by Crippen LogP contribution is -2.02. The first-order valence-corrected chi connectivity index (χ1v) is 6.77. The van der Waals surface area contributed by atoms with Gasteiger partial charge >= 0.3 is 0 Å². The minimum absolute atomic E-state index is 0.118. The van der Waals surface area contributed by atoms with E-state index in [9.17, 15) is 0 Å². The Morgan fingerprint density at radius 3 is 2.68 bits per heavy atom. The van der Waals surface area contributed by atoms with Gasteiger partial charge < -0.3 is 10.4 Å². The van der Waals surface area contributed by atoms with Crippen molar-refractivity contribution in [2.45, 2.75) is 32.9 Å². The Labute approximate surface area is 114 Å². The Kier molecular flexibility index (Phi) is 4.98. The molecule has 0 saturated heterocycles. The summed E-state index contributed by atoms with van der Waals surface area (Å²) >= 11 is 0. The molecule has 1 aromatic carbocycles. The van der Waals surface area contributed by atoms with Crippen molar-refractivity contribution in [1.29, 1.82) is 0 Å². The summed E-state index contributed by atoms with van der Waals surface area (Å²) in [6.45, 7) is 3.61. The molecule has 19 heavy (non-hydrogen) atoms. The maximum Gasteiger partial charge on any atom is 0.0640 e. The second-order valence-electron chi connectivity index (χ2n) is 4.64. The zero-order valence-electron chi connectivity index (χ0n) is 11.3. The molecule has 0 radical (unpaired) electrons. The van der Waals surface area contributed by atoms with Crippen molar-refractivity contribution < 1.29 is 5.11 Å². The molecule has 0 aliphatic heterocycles. The van der Waals surface area contributed by atoms with E-state index in [0.717, 1.165) is 24.2 Å². The maximum atomic E-state index is 8.83. The second kappa shape index (κ2) is 6.95. The fourth-order valence-electron chi connectivity index (χ4n) is 2.00. The van der Waals surface area contributed by atoms with Gasteiger partial charge in [-0.05, 0) is 24.1 Å². The van der Waals surface area contributed by atoms with E-state index in [1.165, 1.54) is 12.0 Å². The number of nitrogens with one attached hydrogen (secondary N) is 1. The lowest BCUT2D eigenvalue weighted by molar-refractivity contribution is 0.269. The number of aliphatic hydroxyl groups excluding tert-OH is 1. The smallest absolute Gasteiger partial charge is 0.0640 e. The van der Waals surface area contributed by atoms with E-state index in [1.54, 1.807) is 4.68 Å². The van der Waals surface area contributed by atoms with E-state index in [1.807, 2.05) is 12.4 Å². The van der Waals surface area contributed by atoms with Gasteiger partial charge in [0.25, 0.3) is 0 Å². The van der Waals surface area contributed by atoms with Crippen molar-refractivity contribution in [3.8, 4) is 0 Å². The Bertz CT molecular complexity index is 490. The predicted molar refractivity (Wildman–Crippen MR) is 77.1 cm³/mol. The van der Waals surface area contributed by atoms with Crippen LogP contribution in [0.1, 0.15) is 24.5 Å². The molecule has 0 saturated carbocycles. The second-order valence-corrected chi connectivity index (χ2v) is 4.64. The maximum absolute atomic E-state index is 8.83. The molecule has 0 fully saturated rings. The van der Waals surface area contributed by atoms with E-state index < -0.39 is 0 Å². The van der Waals surface area contributed by atoms with Gasteiger partial charge in [0.05, 0.1) is 19.3 Å². The van der Waals surface area contributed by atoms with Gasteiger partial charge in [-0.15, -0.1) is 0 Å². The third kappa shape index (κ3) is 4.10. The van der Waals surface area contributed by atoms with Crippen molar-refractivity contribution in [2.24, 2.45) is 0 Å². The third-order valence-corrected chi connectivity index (χ3v) is 3.01. The van der Waals surface area contributed by atoms with Crippen LogP contribution in [0.2, 0.25) is 0 Å². The molecule has 0 bridgehead atoms. The van der Waals surface area contributed by atoms with Gasteiger partial charge in [-0.25, -0.2) is 0 Å². The van der Waals surface area contributed by atoms with Crippen molar-refractivity contribution in [1.82, 2.24) is 9.78 Å². The van der Waals surface area contributed by atoms with Crippen molar-refractivity contribution in [3.05, 3.63) is 47.8 Å². The molecule has 0 spiro atoms. The van der Waals surface area contributed by atoms with Crippen LogP contribution in [0.3, 0.4) is 0 Å². The summed E-state index contributed by atoms with van der Waals surface area (Å²) in [5, 5.41) is 16.4. The molecule has 0 atom stereocenters. The van der Waals surface area contributed by atoms with Gasteiger partial charge in [-0.3, -0.25) is 4.68 Å². The summed E-state index contributed by atoms with van der Waals surface area (Å²) in [6.07, 6.45) is 6.09. The van der Waals surface area contributed by atoms with E-state index in [4.69, 9.17) is 5.11 Å². The van der Waals surface area contributed by atoms with Gasteiger partial charge in [0.1, 0.15) is 0 Å². The van der Waals surface area contributed by atoms with E-state index >= 15 is 0 Å². The summed E-state index contributed by atoms with van der Waals surface area (Å²) < 4.78 is 1.75. The molecule has 102 valence electrons. The average Bonchev–Trinajstić information content (AvgIpc) is 2.87. The number of aryl methyl sites for hydroxylation is 1. The Morgan fingerprint density at radius 1 is 1.21 bits per heavy atom. The van der Waals surface area contributed by atoms with Crippen LogP contribution in [0.15, 0.2) is 36.7 Å². The normalized spacial score (nSPS) is 10.6. The highest BCUT2D eigenvalue weighted by Crippen LogP contribution is 2.12. The highest BCUT2D eigenvalue weighted by Gasteiger charge is 1.99. The quantitative estimate of drug-likeness (QED) is 0.803. The van der Waals surface area contributed by atoms with Crippen LogP contribution in [0, 0.1) is 0 Å². The molecule has 1 aromatic heterocycles. The number of anilines is 1. The highest BCUT2D eigenvalue weighted by molar-refractivity contribution is 5.45. The van der Waals surface area contributed by atoms with Gasteiger partial charge in [0.15, 0.2) is 0 Å². The van der Waals surface area contributed by atoms with Gasteiger partial charge in [0.2, 0.25) is 0 Å². The average molecular weight is 259 g/mol.